The topological polar surface area (TPSA) is 72.6 Å². The third-order valence-electron chi connectivity index (χ3n) is 5.43. The van der Waals surface area contributed by atoms with E-state index in [-0.39, 0.29) is 11.4 Å². The molecule has 4 rings (SSSR count). The highest BCUT2D eigenvalue weighted by molar-refractivity contribution is 7.92. The first kappa shape index (κ1) is 22.6. The lowest BCUT2D eigenvalue weighted by atomic mass is 10.1. The summed E-state index contributed by atoms with van der Waals surface area (Å²) >= 11 is 0. The van der Waals surface area contributed by atoms with Gasteiger partial charge in [-0.2, -0.15) is 0 Å². The standard InChI is InChI=1S/C26H26N2O4S/c1-18-8-12-21(13-9-18)26-27-25(20(3)32-26)17-28(22-6-5-7-23(16-22)31-4)33(29,30)24-14-10-19(2)11-15-24/h5-16H,17H2,1-4H3. The third kappa shape index (κ3) is 4.78. The van der Waals surface area contributed by atoms with Crippen LogP contribution in [-0.2, 0) is 16.6 Å². The summed E-state index contributed by atoms with van der Waals surface area (Å²) in [4.78, 5) is 4.84. The second kappa shape index (κ2) is 9.11. The summed E-state index contributed by atoms with van der Waals surface area (Å²) in [6, 6.07) is 21.6. The van der Waals surface area contributed by atoms with Crippen LogP contribution in [0.15, 0.2) is 82.1 Å². The van der Waals surface area contributed by atoms with Crippen LogP contribution in [0.1, 0.15) is 22.6 Å². The van der Waals surface area contributed by atoms with Gasteiger partial charge in [-0.25, -0.2) is 13.4 Å². The van der Waals surface area contributed by atoms with E-state index in [2.05, 4.69) is 4.98 Å². The molecule has 0 bridgehead atoms. The number of benzene rings is 3. The van der Waals surface area contributed by atoms with Gasteiger partial charge in [-0.15, -0.1) is 0 Å². The van der Waals surface area contributed by atoms with Crippen LogP contribution in [0.2, 0.25) is 0 Å². The van der Waals surface area contributed by atoms with Crippen molar-refractivity contribution in [1.29, 1.82) is 0 Å². The summed E-state index contributed by atoms with van der Waals surface area (Å²) in [6.45, 7) is 5.74. The predicted molar refractivity (Wildman–Crippen MR) is 129 cm³/mol. The number of hydrogen-bond donors (Lipinski definition) is 0. The number of oxazole rings is 1. The minimum atomic E-state index is -3.88. The lowest BCUT2D eigenvalue weighted by Crippen LogP contribution is -2.31. The third-order valence-corrected chi connectivity index (χ3v) is 7.22. The van der Waals surface area contributed by atoms with E-state index < -0.39 is 10.0 Å². The van der Waals surface area contributed by atoms with Crippen molar-refractivity contribution >= 4 is 15.7 Å². The van der Waals surface area contributed by atoms with Crippen molar-refractivity contribution in [3.8, 4) is 17.2 Å². The fourth-order valence-corrected chi connectivity index (χ4v) is 4.87. The molecule has 0 spiro atoms. The molecule has 0 aliphatic rings. The smallest absolute Gasteiger partial charge is 0.264 e. The Bertz CT molecular complexity index is 1360. The van der Waals surface area contributed by atoms with Crippen molar-refractivity contribution < 1.29 is 17.6 Å². The predicted octanol–water partition coefficient (Wildman–Crippen LogP) is 5.67. The van der Waals surface area contributed by atoms with Gasteiger partial charge in [0.2, 0.25) is 5.89 Å². The fraction of sp³-hybridized carbons (Fsp3) is 0.192. The van der Waals surface area contributed by atoms with Crippen LogP contribution in [-0.4, -0.2) is 20.5 Å². The summed E-state index contributed by atoms with van der Waals surface area (Å²) in [5, 5.41) is 0. The van der Waals surface area contributed by atoms with Gasteiger partial charge in [0.25, 0.3) is 10.0 Å². The number of hydrogen-bond acceptors (Lipinski definition) is 5. The summed E-state index contributed by atoms with van der Waals surface area (Å²) in [5.74, 6) is 1.59. The number of sulfonamides is 1. The molecule has 4 aromatic rings. The van der Waals surface area contributed by atoms with Crippen molar-refractivity contribution in [2.75, 3.05) is 11.4 Å². The lowest BCUT2D eigenvalue weighted by Gasteiger charge is -2.24. The van der Waals surface area contributed by atoms with Gasteiger partial charge in [0.15, 0.2) is 0 Å². The van der Waals surface area contributed by atoms with E-state index in [1.165, 1.54) is 4.31 Å². The monoisotopic (exact) mass is 462 g/mol. The summed E-state index contributed by atoms with van der Waals surface area (Å²) in [7, 11) is -2.33. The molecule has 0 unspecified atom stereocenters. The number of aryl methyl sites for hydroxylation is 3. The Hall–Kier alpha value is -3.58. The van der Waals surface area contributed by atoms with Gasteiger partial charge in [0.1, 0.15) is 17.2 Å². The van der Waals surface area contributed by atoms with Crippen LogP contribution in [0.3, 0.4) is 0 Å². The van der Waals surface area contributed by atoms with Crippen molar-refractivity contribution in [2.45, 2.75) is 32.2 Å². The van der Waals surface area contributed by atoms with E-state index in [4.69, 9.17) is 9.15 Å². The molecule has 0 saturated heterocycles. The molecule has 0 amide bonds. The molecule has 7 heteroatoms. The Morgan fingerprint density at radius 2 is 1.55 bits per heavy atom. The van der Waals surface area contributed by atoms with Gasteiger partial charge in [-0.05, 0) is 57.2 Å². The normalized spacial score (nSPS) is 11.4. The number of ether oxygens (including phenoxy) is 1. The molecule has 0 atom stereocenters. The summed E-state index contributed by atoms with van der Waals surface area (Å²) < 4.78 is 40.0. The summed E-state index contributed by atoms with van der Waals surface area (Å²) in [6.07, 6.45) is 0. The highest BCUT2D eigenvalue weighted by Crippen LogP contribution is 2.31. The van der Waals surface area contributed by atoms with Crippen LogP contribution in [0, 0.1) is 20.8 Å². The first-order chi connectivity index (χ1) is 15.8. The van der Waals surface area contributed by atoms with Crippen molar-refractivity contribution in [3.05, 3.63) is 95.4 Å². The molecule has 6 nitrogen and oxygen atoms in total. The Kier molecular flexibility index (Phi) is 6.24. The first-order valence-corrected chi connectivity index (χ1v) is 12.0. The molecule has 1 aromatic heterocycles. The van der Waals surface area contributed by atoms with Crippen LogP contribution in [0.5, 0.6) is 5.75 Å². The average molecular weight is 463 g/mol. The van der Waals surface area contributed by atoms with E-state index in [9.17, 15) is 8.42 Å². The zero-order valence-electron chi connectivity index (χ0n) is 19.1. The Labute approximate surface area is 194 Å². The van der Waals surface area contributed by atoms with Crippen molar-refractivity contribution in [1.82, 2.24) is 4.98 Å². The molecule has 33 heavy (non-hydrogen) atoms. The number of aromatic nitrogens is 1. The molecule has 0 radical (unpaired) electrons. The number of rotatable bonds is 7. The van der Waals surface area contributed by atoms with Crippen LogP contribution < -0.4 is 9.04 Å². The molecule has 0 fully saturated rings. The van der Waals surface area contributed by atoms with Gasteiger partial charge >= 0.3 is 0 Å². The average Bonchev–Trinajstić information content (AvgIpc) is 3.18. The largest absolute Gasteiger partial charge is 0.497 e. The number of methoxy groups -OCH3 is 1. The van der Waals surface area contributed by atoms with Crippen molar-refractivity contribution in [2.24, 2.45) is 0 Å². The highest BCUT2D eigenvalue weighted by atomic mass is 32.2. The quantitative estimate of drug-likeness (QED) is 0.354. The lowest BCUT2D eigenvalue weighted by molar-refractivity contribution is 0.415. The van der Waals surface area contributed by atoms with Gasteiger partial charge in [0.05, 0.1) is 24.2 Å². The molecule has 0 aliphatic heterocycles. The van der Waals surface area contributed by atoms with Gasteiger partial charge < -0.3 is 9.15 Å². The van der Waals surface area contributed by atoms with E-state index in [1.807, 2.05) is 38.1 Å². The molecular formula is C26H26N2O4S. The molecular weight excluding hydrogens is 436 g/mol. The Morgan fingerprint density at radius 3 is 2.18 bits per heavy atom. The summed E-state index contributed by atoms with van der Waals surface area (Å²) in [5.41, 5.74) is 3.98. The van der Waals surface area contributed by atoms with Gasteiger partial charge in [-0.3, -0.25) is 4.31 Å². The molecule has 0 aliphatic carbocycles. The minimum Gasteiger partial charge on any atom is -0.497 e. The van der Waals surface area contributed by atoms with Crippen LogP contribution in [0.4, 0.5) is 5.69 Å². The maximum Gasteiger partial charge on any atom is 0.264 e. The zero-order chi connectivity index (χ0) is 23.6. The van der Waals surface area contributed by atoms with E-state index in [0.29, 0.717) is 28.8 Å². The zero-order valence-corrected chi connectivity index (χ0v) is 19.9. The van der Waals surface area contributed by atoms with E-state index in [0.717, 1.165) is 16.7 Å². The second-order valence-electron chi connectivity index (χ2n) is 7.91. The minimum absolute atomic E-state index is 0.0184. The maximum absolute atomic E-state index is 13.7. The number of anilines is 1. The first-order valence-electron chi connectivity index (χ1n) is 10.5. The SMILES string of the molecule is COc1cccc(N(Cc2nc(-c3ccc(C)cc3)oc2C)S(=O)(=O)c2ccc(C)cc2)c1. The van der Waals surface area contributed by atoms with Crippen LogP contribution >= 0.6 is 0 Å². The Balaban J connectivity index is 1.77. The molecule has 170 valence electrons. The molecule has 0 N–H and O–H groups in total. The fourth-order valence-electron chi connectivity index (χ4n) is 3.45. The molecule has 0 saturated carbocycles. The van der Waals surface area contributed by atoms with E-state index >= 15 is 0 Å². The van der Waals surface area contributed by atoms with E-state index in [1.54, 1.807) is 62.6 Å². The maximum atomic E-state index is 13.7. The molecule has 3 aromatic carbocycles. The number of nitrogens with zero attached hydrogens (tertiary/aromatic N) is 2. The van der Waals surface area contributed by atoms with Gasteiger partial charge in [0, 0.05) is 11.6 Å². The second-order valence-corrected chi connectivity index (χ2v) is 9.78. The van der Waals surface area contributed by atoms with Crippen LogP contribution in [0.25, 0.3) is 11.5 Å². The Morgan fingerprint density at radius 1 is 0.909 bits per heavy atom. The molecule has 1 heterocycles. The highest BCUT2D eigenvalue weighted by Gasteiger charge is 2.28. The van der Waals surface area contributed by atoms with Gasteiger partial charge in [-0.1, -0.05) is 41.5 Å². The van der Waals surface area contributed by atoms with Crippen molar-refractivity contribution in [3.63, 3.8) is 0 Å².